The van der Waals surface area contributed by atoms with Crippen LogP contribution in [0.3, 0.4) is 0 Å². The molecule has 0 saturated heterocycles. The van der Waals surface area contributed by atoms with E-state index in [1.807, 2.05) is 23.1 Å². The maximum atomic E-state index is 12.7. The molecule has 2 aromatic rings. The number of carbonyl (C=O) groups excluding carboxylic acids is 1. The average Bonchev–Trinajstić information content (AvgIpc) is 3.01. The van der Waals surface area contributed by atoms with E-state index in [-0.39, 0.29) is 12.0 Å². The van der Waals surface area contributed by atoms with Crippen molar-refractivity contribution in [2.24, 2.45) is 0 Å². The molecule has 1 aromatic heterocycles. The molecule has 0 unspecified atom stereocenters. The summed E-state index contributed by atoms with van der Waals surface area (Å²) in [5.74, 6) is 0.936. The number of hydrogen-bond donors (Lipinski definition) is 1. The molecule has 4 rings (SSSR count). The third-order valence-corrected chi connectivity index (χ3v) is 4.28. The number of hydrogen-bond acceptors (Lipinski definition) is 3. The lowest BCUT2D eigenvalue weighted by Crippen LogP contribution is -2.45. The smallest absolute Gasteiger partial charge is 0.264 e. The van der Waals surface area contributed by atoms with Crippen molar-refractivity contribution in [2.75, 3.05) is 6.54 Å². The highest BCUT2D eigenvalue weighted by atomic mass is 16.5. The number of H-pyrrole nitrogens is 1. The quantitative estimate of drug-likeness (QED) is 0.866. The van der Waals surface area contributed by atoms with Gasteiger partial charge >= 0.3 is 0 Å². The summed E-state index contributed by atoms with van der Waals surface area (Å²) < 4.78 is 5.90. The van der Waals surface area contributed by atoms with E-state index in [1.54, 1.807) is 6.33 Å². The molecule has 0 fully saturated rings. The number of nitrogens with zero attached hydrogens (tertiary/aromatic N) is 2. The fourth-order valence-electron chi connectivity index (χ4n) is 3.10. The van der Waals surface area contributed by atoms with Crippen LogP contribution in [0, 0.1) is 0 Å². The Kier molecular flexibility index (Phi) is 2.91. The molecule has 1 atom stereocenters. The second-order valence-electron chi connectivity index (χ2n) is 5.59. The molecule has 108 valence electrons. The van der Waals surface area contributed by atoms with Crippen molar-refractivity contribution in [2.45, 2.75) is 31.9 Å². The summed E-state index contributed by atoms with van der Waals surface area (Å²) in [6.07, 6.45) is 3.81. The Morgan fingerprint density at radius 2 is 2.24 bits per heavy atom. The number of aromatic amines is 1. The highest BCUT2D eigenvalue weighted by Gasteiger charge is 2.32. The lowest BCUT2D eigenvalue weighted by atomic mass is 10.0. The van der Waals surface area contributed by atoms with Crippen LogP contribution >= 0.6 is 0 Å². The maximum Gasteiger partial charge on any atom is 0.264 e. The average molecular weight is 283 g/mol. The fraction of sp³-hybridized carbons (Fsp3) is 0.375. The second-order valence-corrected chi connectivity index (χ2v) is 5.59. The zero-order valence-corrected chi connectivity index (χ0v) is 11.7. The first-order valence-electron chi connectivity index (χ1n) is 7.36. The van der Waals surface area contributed by atoms with Gasteiger partial charge in [0.25, 0.3) is 5.91 Å². The zero-order valence-electron chi connectivity index (χ0n) is 11.7. The van der Waals surface area contributed by atoms with Gasteiger partial charge in [-0.1, -0.05) is 18.2 Å². The summed E-state index contributed by atoms with van der Waals surface area (Å²) in [6.45, 7) is 1.33. The number of imidazole rings is 1. The van der Waals surface area contributed by atoms with Crippen molar-refractivity contribution in [3.05, 3.63) is 47.5 Å². The maximum absolute atomic E-state index is 12.7. The summed E-state index contributed by atoms with van der Waals surface area (Å²) >= 11 is 0. The highest BCUT2D eigenvalue weighted by molar-refractivity contribution is 5.82. The summed E-state index contributed by atoms with van der Waals surface area (Å²) in [4.78, 5) is 21.9. The number of aromatic nitrogens is 2. The normalized spacial score (nSPS) is 20.4. The van der Waals surface area contributed by atoms with Crippen LogP contribution in [-0.4, -0.2) is 33.4 Å². The van der Waals surface area contributed by atoms with Crippen LogP contribution in [0.4, 0.5) is 0 Å². The SMILES string of the molecule is O=C([C@H]1CCc2ccccc2O1)N1CCc2nc[nH]c2C1. The number of para-hydroxylation sites is 1. The van der Waals surface area contributed by atoms with E-state index >= 15 is 0 Å². The van der Waals surface area contributed by atoms with E-state index in [1.165, 1.54) is 5.56 Å². The second kappa shape index (κ2) is 4.91. The minimum atomic E-state index is -0.357. The summed E-state index contributed by atoms with van der Waals surface area (Å²) in [5, 5.41) is 0. The minimum absolute atomic E-state index is 0.0877. The minimum Gasteiger partial charge on any atom is -0.480 e. The number of nitrogens with one attached hydrogen (secondary N) is 1. The standard InChI is InChI=1S/C16H17N3O2/c20-16(19-8-7-12-13(9-19)18-10-17-12)15-6-5-11-3-1-2-4-14(11)21-15/h1-4,10,15H,5-9H2,(H,17,18)/t15-/m1/s1. The van der Waals surface area contributed by atoms with Crippen molar-refractivity contribution in [3.8, 4) is 5.75 Å². The van der Waals surface area contributed by atoms with Crippen LogP contribution in [0.1, 0.15) is 23.4 Å². The molecule has 0 spiro atoms. The number of aryl methyl sites for hydroxylation is 1. The number of rotatable bonds is 1. The number of carbonyl (C=O) groups is 1. The summed E-state index contributed by atoms with van der Waals surface area (Å²) in [6, 6.07) is 7.96. The molecule has 0 radical (unpaired) electrons. The van der Waals surface area contributed by atoms with Gasteiger partial charge in [-0.25, -0.2) is 4.98 Å². The molecule has 5 nitrogen and oxygen atoms in total. The van der Waals surface area contributed by atoms with Gasteiger partial charge in [-0.15, -0.1) is 0 Å². The van der Waals surface area contributed by atoms with E-state index in [4.69, 9.17) is 4.74 Å². The molecule has 1 amide bonds. The predicted octanol–water partition coefficient (Wildman–Crippen LogP) is 1.69. The van der Waals surface area contributed by atoms with Crippen LogP contribution < -0.4 is 4.74 Å². The van der Waals surface area contributed by atoms with Gasteiger partial charge in [-0.05, 0) is 24.5 Å². The number of benzene rings is 1. The highest BCUT2D eigenvalue weighted by Crippen LogP contribution is 2.28. The van der Waals surface area contributed by atoms with Crippen LogP contribution in [0.15, 0.2) is 30.6 Å². The first kappa shape index (κ1) is 12.4. The topological polar surface area (TPSA) is 58.2 Å². The van der Waals surface area contributed by atoms with Crippen molar-refractivity contribution in [1.82, 2.24) is 14.9 Å². The predicted molar refractivity (Wildman–Crippen MR) is 76.9 cm³/mol. The Bertz CT molecular complexity index is 680. The molecule has 5 heteroatoms. The molecule has 0 aliphatic carbocycles. The Labute approximate surface area is 122 Å². The molecule has 1 N–H and O–H groups in total. The molecule has 2 aliphatic rings. The van der Waals surface area contributed by atoms with Gasteiger partial charge in [0, 0.05) is 13.0 Å². The van der Waals surface area contributed by atoms with Crippen molar-refractivity contribution in [3.63, 3.8) is 0 Å². The van der Waals surface area contributed by atoms with Gasteiger partial charge in [0.15, 0.2) is 6.10 Å². The van der Waals surface area contributed by atoms with Crippen molar-refractivity contribution >= 4 is 5.91 Å². The van der Waals surface area contributed by atoms with Crippen LogP contribution in [0.5, 0.6) is 5.75 Å². The Balaban J connectivity index is 1.49. The third kappa shape index (κ3) is 2.18. The van der Waals surface area contributed by atoms with Gasteiger partial charge in [-0.3, -0.25) is 4.79 Å². The van der Waals surface area contributed by atoms with Gasteiger partial charge < -0.3 is 14.6 Å². The monoisotopic (exact) mass is 283 g/mol. The summed E-state index contributed by atoms with van der Waals surface area (Å²) in [7, 11) is 0. The molecular weight excluding hydrogens is 266 g/mol. The van der Waals surface area contributed by atoms with Gasteiger partial charge in [-0.2, -0.15) is 0 Å². The number of fused-ring (bicyclic) bond motifs is 2. The number of ether oxygens (including phenoxy) is 1. The number of amides is 1. The molecule has 21 heavy (non-hydrogen) atoms. The lowest BCUT2D eigenvalue weighted by molar-refractivity contribution is -0.140. The Morgan fingerprint density at radius 1 is 1.33 bits per heavy atom. The van der Waals surface area contributed by atoms with Crippen LogP contribution in [0.2, 0.25) is 0 Å². The first-order chi connectivity index (χ1) is 10.3. The van der Waals surface area contributed by atoms with Crippen molar-refractivity contribution < 1.29 is 9.53 Å². The lowest BCUT2D eigenvalue weighted by Gasteiger charge is -2.32. The molecule has 1 aromatic carbocycles. The van der Waals surface area contributed by atoms with Gasteiger partial charge in [0.05, 0.1) is 24.3 Å². The largest absolute Gasteiger partial charge is 0.480 e. The van der Waals surface area contributed by atoms with E-state index in [0.29, 0.717) is 6.54 Å². The molecular formula is C16H17N3O2. The molecule has 3 heterocycles. The Hall–Kier alpha value is -2.30. The summed E-state index contributed by atoms with van der Waals surface area (Å²) in [5.41, 5.74) is 3.32. The third-order valence-electron chi connectivity index (χ3n) is 4.28. The Morgan fingerprint density at radius 3 is 3.19 bits per heavy atom. The van der Waals surface area contributed by atoms with Crippen molar-refractivity contribution in [1.29, 1.82) is 0 Å². The van der Waals surface area contributed by atoms with Crippen LogP contribution in [0.25, 0.3) is 0 Å². The first-order valence-corrected chi connectivity index (χ1v) is 7.36. The zero-order chi connectivity index (χ0) is 14.2. The molecule has 2 aliphatic heterocycles. The van der Waals surface area contributed by atoms with Gasteiger partial charge in [0.1, 0.15) is 5.75 Å². The molecule has 0 saturated carbocycles. The molecule has 0 bridgehead atoms. The van der Waals surface area contributed by atoms with Gasteiger partial charge in [0.2, 0.25) is 0 Å². The van der Waals surface area contributed by atoms with E-state index < -0.39 is 0 Å². The van der Waals surface area contributed by atoms with E-state index in [9.17, 15) is 4.79 Å². The van der Waals surface area contributed by atoms with E-state index in [2.05, 4.69) is 16.0 Å². The van der Waals surface area contributed by atoms with E-state index in [0.717, 1.165) is 42.9 Å². The fourth-order valence-corrected chi connectivity index (χ4v) is 3.10. The van der Waals surface area contributed by atoms with Crippen LogP contribution in [-0.2, 0) is 24.2 Å².